The minimum atomic E-state index is -1.70. The lowest BCUT2D eigenvalue weighted by molar-refractivity contribution is -0.147. The van der Waals surface area contributed by atoms with Gasteiger partial charge in [0.2, 0.25) is 11.8 Å². The molecule has 5 aromatic rings. The summed E-state index contributed by atoms with van der Waals surface area (Å²) < 4.78 is 0. The van der Waals surface area contributed by atoms with Crippen molar-refractivity contribution in [1.29, 1.82) is 0 Å². The molecule has 5 aromatic carbocycles. The number of carbonyl (C=O) groups is 7. The van der Waals surface area contributed by atoms with Crippen LogP contribution in [-0.2, 0) is 36.8 Å². The summed E-state index contributed by atoms with van der Waals surface area (Å²) in [7, 11) is 1.60. The second-order valence-corrected chi connectivity index (χ2v) is 15.5. The van der Waals surface area contributed by atoms with Crippen LogP contribution in [0.3, 0.4) is 0 Å². The van der Waals surface area contributed by atoms with Crippen LogP contribution in [-0.4, -0.2) is 70.6 Å². The van der Waals surface area contributed by atoms with E-state index in [0.717, 1.165) is 27.8 Å². The van der Waals surface area contributed by atoms with Gasteiger partial charge in [-0.1, -0.05) is 146 Å². The van der Waals surface area contributed by atoms with Gasteiger partial charge in [0.25, 0.3) is 5.91 Å². The zero-order valence-electron chi connectivity index (χ0n) is 35.6. The number of hydrogen-bond donors (Lipinski definition) is 5. The number of Topliss-reactive ketones (excluding diaryl/α,β-unsaturated/α-hetero) is 2. The number of benzene rings is 5. The van der Waals surface area contributed by atoms with Gasteiger partial charge in [-0.2, -0.15) is 0 Å². The van der Waals surface area contributed by atoms with Crippen molar-refractivity contribution in [2.75, 3.05) is 7.05 Å². The van der Waals surface area contributed by atoms with Gasteiger partial charge in [0.05, 0.1) is 12.5 Å². The molecule has 0 fully saturated rings. The Bertz CT molecular complexity index is 2460. The fourth-order valence-electron chi connectivity index (χ4n) is 6.92. The lowest BCUT2D eigenvalue weighted by Gasteiger charge is -2.23. The van der Waals surface area contributed by atoms with Gasteiger partial charge < -0.3 is 26.2 Å². The van der Waals surface area contributed by atoms with E-state index >= 15 is 0 Å². The maximum atomic E-state index is 13.9. The normalized spacial score (nSPS) is 13.0. The van der Waals surface area contributed by atoms with Crippen molar-refractivity contribution in [3.05, 3.63) is 178 Å². The van der Waals surface area contributed by atoms with E-state index in [-0.39, 0.29) is 37.4 Å². The molecule has 328 valence electrons. The molecule has 0 aliphatic heterocycles. The van der Waals surface area contributed by atoms with Crippen LogP contribution in [0.5, 0.6) is 0 Å². The summed E-state index contributed by atoms with van der Waals surface area (Å²) in [4.78, 5) is 89.3. The third-order valence-corrected chi connectivity index (χ3v) is 10.6. The number of carboxylic acid groups (broad SMARTS) is 2. The van der Waals surface area contributed by atoms with Crippen molar-refractivity contribution < 1.29 is 43.8 Å². The van der Waals surface area contributed by atoms with Gasteiger partial charge in [0.1, 0.15) is 6.04 Å². The van der Waals surface area contributed by atoms with E-state index in [4.69, 9.17) is 5.11 Å². The molecule has 0 bridgehead atoms. The van der Waals surface area contributed by atoms with E-state index in [1.54, 1.807) is 61.6 Å². The smallest absolute Gasteiger partial charge is 0.326 e. The maximum Gasteiger partial charge on any atom is 0.326 e. The first-order valence-electron chi connectivity index (χ1n) is 20.9. The van der Waals surface area contributed by atoms with Crippen LogP contribution in [0.4, 0.5) is 0 Å². The summed E-state index contributed by atoms with van der Waals surface area (Å²) in [6.07, 6.45) is 6.80. The van der Waals surface area contributed by atoms with Crippen molar-refractivity contribution in [1.82, 2.24) is 16.0 Å². The summed E-state index contributed by atoms with van der Waals surface area (Å²) in [5.74, 6) is -7.06. The van der Waals surface area contributed by atoms with Crippen molar-refractivity contribution in [3.63, 3.8) is 0 Å². The standard InChI is InChI=1S/C52H51N3O9/c1-34(46(56)31-43(29-39-9-5-3-6-10-39)51(62)55-45(52(63)64)33-48(58)59)54-50(61)44(30-40-11-7-4-8-12-40)32-47(57)41-25-21-37(22-26-41)19-17-35-13-15-36(16-14-35)18-20-38-23-27-42(28-24-38)49(60)53-2/h3-28,34,43-45H,29-33H2,1-2H3,(H,53,60)(H,54,61)(H,55,62)(H,58,59)(H,63,64)/b19-17+,20-18+/t34-,43+,44+,45-/m0/s1. The first-order chi connectivity index (χ1) is 30.8. The van der Waals surface area contributed by atoms with Crippen LogP contribution >= 0.6 is 0 Å². The number of hydrogen-bond acceptors (Lipinski definition) is 7. The summed E-state index contributed by atoms with van der Waals surface area (Å²) >= 11 is 0. The van der Waals surface area contributed by atoms with Gasteiger partial charge >= 0.3 is 11.9 Å². The Morgan fingerprint density at radius 2 is 0.922 bits per heavy atom. The average molecular weight is 862 g/mol. The second-order valence-electron chi connectivity index (χ2n) is 15.5. The Balaban J connectivity index is 1.21. The molecule has 0 saturated carbocycles. The SMILES string of the molecule is CNC(=O)c1ccc(/C=C/c2ccc(/C=C/c3ccc(C(=O)C[C@@H](Cc4ccccc4)C(=O)N[C@@H](C)C(=O)C[C@@H](Cc4ccccc4)C(=O)N[C@@H](CC(=O)O)C(=O)O)cc3)cc2)cc1. The minimum Gasteiger partial charge on any atom is -0.481 e. The summed E-state index contributed by atoms with van der Waals surface area (Å²) in [6.45, 7) is 1.49. The highest BCUT2D eigenvalue weighted by molar-refractivity contribution is 6.00. The quantitative estimate of drug-likeness (QED) is 0.0354. The Labute approximate surface area is 372 Å². The number of ketones is 2. The summed E-state index contributed by atoms with van der Waals surface area (Å²) in [5.41, 5.74) is 6.36. The Morgan fingerprint density at radius 1 is 0.516 bits per heavy atom. The lowest BCUT2D eigenvalue weighted by atomic mass is 9.89. The molecule has 12 heteroatoms. The molecular formula is C52H51N3O9. The van der Waals surface area contributed by atoms with Crippen molar-refractivity contribution in [2.45, 2.75) is 51.1 Å². The summed E-state index contributed by atoms with van der Waals surface area (Å²) in [5, 5.41) is 26.3. The topological polar surface area (TPSA) is 196 Å². The van der Waals surface area contributed by atoms with E-state index in [1.165, 1.54) is 6.92 Å². The van der Waals surface area contributed by atoms with Crippen molar-refractivity contribution >= 4 is 65.5 Å². The molecule has 0 aliphatic carbocycles. The zero-order chi connectivity index (χ0) is 46.0. The predicted octanol–water partition coefficient (Wildman–Crippen LogP) is 7.19. The van der Waals surface area contributed by atoms with Crippen molar-refractivity contribution in [2.24, 2.45) is 11.8 Å². The van der Waals surface area contributed by atoms with E-state index in [9.17, 15) is 38.7 Å². The van der Waals surface area contributed by atoms with Gasteiger partial charge in [-0.15, -0.1) is 0 Å². The number of nitrogens with one attached hydrogen (secondary N) is 3. The molecule has 12 nitrogen and oxygen atoms in total. The van der Waals surface area contributed by atoms with E-state index in [0.29, 0.717) is 16.7 Å². The molecular weight excluding hydrogens is 811 g/mol. The second kappa shape index (κ2) is 23.5. The molecule has 0 heterocycles. The minimum absolute atomic E-state index is 0.0595. The molecule has 64 heavy (non-hydrogen) atoms. The highest BCUT2D eigenvalue weighted by atomic mass is 16.4. The molecule has 4 atom stereocenters. The van der Waals surface area contributed by atoms with Gasteiger partial charge in [0.15, 0.2) is 11.6 Å². The third-order valence-electron chi connectivity index (χ3n) is 10.6. The molecule has 0 spiro atoms. The van der Waals surface area contributed by atoms with Crippen LogP contribution < -0.4 is 16.0 Å². The lowest BCUT2D eigenvalue weighted by Crippen LogP contribution is -2.47. The van der Waals surface area contributed by atoms with Crippen LogP contribution in [0, 0.1) is 11.8 Å². The third kappa shape index (κ3) is 14.7. The van der Waals surface area contributed by atoms with E-state index in [1.807, 2.05) is 103 Å². The zero-order valence-corrected chi connectivity index (χ0v) is 35.6. The number of carbonyl (C=O) groups excluding carboxylic acids is 5. The molecule has 3 amide bonds. The van der Waals surface area contributed by atoms with Crippen LogP contribution in [0.1, 0.15) is 80.3 Å². The Hall–Kier alpha value is -7.73. The van der Waals surface area contributed by atoms with Gasteiger partial charge in [-0.25, -0.2) is 4.79 Å². The highest BCUT2D eigenvalue weighted by Gasteiger charge is 2.31. The number of amides is 3. The van der Waals surface area contributed by atoms with Crippen LogP contribution in [0.15, 0.2) is 133 Å². The molecule has 5 rings (SSSR count). The fraction of sp³-hybridized carbons (Fsp3) is 0.212. The number of rotatable bonds is 22. The van der Waals surface area contributed by atoms with Crippen LogP contribution in [0.25, 0.3) is 24.3 Å². The summed E-state index contributed by atoms with van der Waals surface area (Å²) in [6, 6.07) is 37.6. The number of carboxylic acids is 2. The molecule has 5 N–H and O–H groups in total. The number of aliphatic carboxylic acids is 2. The highest BCUT2D eigenvalue weighted by Crippen LogP contribution is 2.20. The van der Waals surface area contributed by atoms with Gasteiger partial charge in [-0.3, -0.25) is 28.8 Å². The van der Waals surface area contributed by atoms with Gasteiger partial charge in [0, 0.05) is 42.9 Å². The average Bonchev–Trinajstić information content (AvgIpc) is 3.30. The fourth-order valence-corrected chi connectivity index (χ4v) is 6.92. The maximum absolute atomic E-state index is 13.9. The first kappa shape index (κ1) is 47.3. The van der Waals surface area contributed by atoms with E-state index < -0.39 is 59.9 Å². The molecule has 0 aliphatic rings. The van der Waals surface area contributed by atoms with Crippen LogP contribution in [0.2, 0.25) is 0 Å². The monoisotopic (exact) mass is 861 g/mol. The molecule has 0 unspecified atom stereocenters. The van der Waals surface area contributed by atoms with Crippen molar-refractivity contribution in [3.8, 4) is 0 Å². The largest absolute Gasteiger partial charge is 0.481 e. The molecule has 0 aromatic heterocycles. The Morgan fingerprint density at radius 3 is 1.34 bits per heavy atom. The predicted molar refractivity (Wildman–Crippen MR) is 246 cm³/mol. The molecule has 0 saturated heterocycles. The van der Waals surface area contributed by atoms with E-state index in [2.05, 4.69) is 16.0 Å². The molecule has 0 radical (unpaired) electrons. The first-order valence-corrected chi connectivity index (χ1v) is 20.9. The Kier molecular flexibility index (Phi) is 17.4. The van der Waals surface area contributed by atoms with Gasteiger partial charge in [-0.05, 0) is 65.3 Å².